The highest BCUT2D eigenvalue weighted by molar-refractivity contribution is 7.12. The van der Waals surface area contributed by atoms with E-state index in [4.69, 9.17) is 16.3 Å². The zero-order chi connectivity index (χ0) is 10.8. The molecule has 78 valence electrons. The maximum absolute atomic E-state index is 12.0. The van der Waals surface area contributed by atoms with Gasteiger partial charge in [-0.3, -0.25) is 4.79 Å². The molecule has 0 aliphatic carbocycles. The predicted molar refractivity (Wildman–Crippen MR) is 59.4 cm³/mol. The molecule has 1 rings (SSSR count). The molecule has 0 fully saturated rings. The van der Waals surface area contributed by atoms with Crippen LogP contribution < -0.4 is 0 Å². The summed E-state index contributed by atoms with van der Waals surface area (Å²) in [4.78, 5) is 12.6. The largest absolute Gasteiger partial charge is 0.370 e. The molecule has 2 nitrogen and oxygen atoms in total. The van der Waals surface area contributed by atoms with Crippen LogP contribution in [0.5, 0.6) is 0 Å². The van der Waals surface area contributed by atoms with Gasteiger partial charge in [0, 0.05) is 7.11 Å². The number of ketones is 1. The Labute approximate surface area is 92.8 Å². The molecule has 0 bridgehead atoms. The van der Waals surface area contributed by atoms with Gasteiger partial charge in [-0.15, -0.1) is 11.3 Å². The Hall–Kier alpha value is -0.380. The number of ether oxygens (including phenoxy) is 1. The Bertz CT molecular complexity index is 329. The highest BCUT2D eigenvalue weighted by Crippen LogP contribution is 2.29. The van der Waals surface area contributed by atoms with Crippen LogP contribution in [0.25, 0.3) is 0 Å². The van der Waals surface area contributed by atoms with E-state index in [9.17, 15) is 4.79 Å². The highest BCUT2D eigenvalue weighted by atomic mass is 35.5. The predicted octanol–water partition coefficient (Wildman–Crippen LogP) is 3.40. The summed E-state index contributed by atoms with van der Waals surface area (Å²) in [5.41, 5.74) is -0.755. The monoisotopic (exact) mass is 232 g/mol. The molecule has 1 unspecified atom stereocenters. The molecule has 0 aliphatic rings. The number of hydrogen-bond acceptors (Lipinski definition) is 3. The standard InChI is InChI=1S/C10H13ClO2S/c1-4-10(2,13-3)9(12)8-7(11)5-6-14-8/h5-6H,4H2,1-3H3. The number of hydrogen-bond donors (Lipinski definition) is 0. The van der Waals surface area contributed by atoms with Gasteiger partial charge in [0.1, 0.15) is 5.60 Å². The van der Waals surface area contributed by atoms with Crippen molar-refractivity contribution in [2.75, 3.05) is 7.11 Å². The van der Waals surface area contributed by atoms with Crippen molar-refractivity contribution in [1.82, 2.24) is 0 Å². The first-order valence-electron chi connectivity index (χ1n) is 4.38. The fraction of sp³-hybridized carbons (Fsp3) is 0.500. The van der Waals surface area contributed by atoms with Crippen LogP contribution in [0, 0.1) is 0 Å². The summed E-state index contributed by atoms with van der Waals surface area (Å²) in [6.07, 6.45) is 0.635. The Morgan fingerprint density at radius 3 is 2.71 bits per heavy atom. The lowest BCUT2D eigenvalue weighted by atomic mass is 9.96. The van der Waals surface area contributed by atoms with Gasteiger partial charge >= 0.3 is 0 Å². The molecule has 1 aromatic rings. The second kappa shape index (κ2) is 4.43. The van der Waals surface area contributed by atoms with Crippen molar-refractivity contribution >= 4 is 28.7 Å². The van der Waals surface area contributed by atoms with Crippen molar-refractivity contribution in [3.8, 4) is 0 Å². The van der Waals surface area contributed by atoms with Gasteiger partial charge in [-0.1, -0.05) is 18.5 Å². The number of Topliss-reactive ketones (excluding diaryl/α,β-unsaturated/α-hetero) is 1. The molecule has 0 saturated heterocycles. The highest BCUT2D eigenvalue weighted by Gasteiger charge is 2.33. The molecule has 0 aromatic carbocycles. The third-order valence-electron chi connectivity index (χ3n) is 2.43. The third-order valence-corrected chi connectivity index (χ3v) is 3.77. The smallest absolute Gasteiger partial charge is 0.205 e. The average molecular weight is 233 g/mol. The van der Waals surface area contributed by atoms with Crippen molar-refractivity contribution in [2.24, 2.45) is 0 Å². The van der Waals surface area contributed by atoms with Crippen molar-refractivity contribution in [2.45, 2.75) is 25.9 Å². The molecule has 0 aliphatic heterocycles. The molecule has 0 amide bonds. The minimum atomic E-state index is -0.755. The van der Waals surface area contributed by atoms with E-state index < -0.39 is 5.60 Å². The molecule has 0 saturated carbocycles. The van der Waals surface area contributed by atoms with Crippen molar-refractivity contribution in [3.63, 3.8) is 0 Å². The summed E-state index contributed by atoms with van der Waals surface area (Å²) < 4.78 is 5.23. The fourth-order valence-corrected chi connectivity index (χ4v) is 2.29. The van der Waals surface area contributed by atoms with Crippen LogP contribution in [0.1, 0.15) is 29.9 Å². The molecule has 1 aromatic heterocycles. The molecule has 0 N–H and O–H groups in total. The Balaban J connectivity index is 3.01. The number of thiophene rings is 1. The van der Waals surface area contributed by atoms with Gasteiger partial charge in [-0.25, -0.2) is 0 Å². The second-order valence-electron chi connectivity index (χ2n) is 3.22. The first kappa shape index (κ1) is 11.7. The van der Waals surface area contributed by atoms with E-state index in [-0.39, 0.29) is 5.78 Å². The minimum absolute atomic E-state index is 0.0394. The van der Waals surface area contributed by atoms with E-state index in [0.29, 0.717) is 16.3 Å². The van der Waals surface area contributed by atoms with Gasteiger partial charge in [0.2, 0.25) is 5.78 Å². The lowest BCUT2D eigenvalue weighted by Crippen LogP contribution is -2.36. The van der Waals surface area contributed by atoms with Gasteiger partial charge in [0.05, 0.1) is 9.90 Å². The normalized spacial score (nSPS) is 15.1. The molecule has 1 heterocycles. The van der Waals surface area contributed by atoms with Crippen molar-refractivity contribution < 1.29 is 9.53 Å². The van der Waals surface area contributed by atoms with E-state index >= 15 is 0 Å². The summed E-state index contributed by atoms with van der Waals surface area (Å²) in [5, 5.41) is 2.32. The number of methoxy groups -OCH3 is 1. The van der Waals surface area contributed by atoms with Crippen LogP contribution in [-0.4, -0.2) is 18.5 Å². The van der Waals surface area contributed by atoms with Crippen LogP contribution in [0.3, 0.4) is 0 Å². The fourth-order valence-electron chi connectivity index (χ4n) is 1.09. The van der Waals surface area contributed by atoms with Gasteiger partial charge in [0.25, 0.3) is 0 Å². The maximum atomic E-state index is 12.0. The number of carbonyl (C=O) groups is 1. The Kier molecular flexibility index (Phi) is 3.70. The van der Waals surface area contributed by atoms with E-state index in [2.05, 4.69) is 0 Å². The topological polar surface area (TPSA) is 26.3 Å². The van der Waals surface area contributed by atoms with Crippen molar-refractivity contribution in [1.29, 1.82) is 0 Å². The number of halogens is 1. The summed E-state index contributed by atoms with van der Waals surface area (Å²) in [5.74, 6) is -0.0394. The molecule has 0 radical (unpaired) electrons. The summed E-state index contributed by atoms with van der Waals surface area (Å²) >= 11 is 7.24. The molecule has 1 atom stereocenters. The van der Waals surface area contributed by atoms with E-state index in [1.807, 2.05) is 6.92 Å². The first-order chi connectivity index (χ1) is 6.55. The number of carbonyl (C=O) groups excluding carboxylic acids is 1. The van der Waals surface area contributed by atoms with Crippen LogP contribution in [0.2, 0.25) is 5.02 Å². The zero-order valence-electron chi connectivity index (χ0n) is 8.46. The Morgan fingerprint density at radius 2 is 2.36 bits per heavy atom. The SMILES string of the molecule is CCC(C)(OC)C(=O)c1sccc1Cl. The van der Waals surface area contributed by atoms with Crippen LogP contribution in [0.4, 0.5) is 0 Å². The lowest BCUT2D eigenvalue weighted by molar-refractivity contribution is 0.0110. The number of rotatable bonds is 4. The van der Waals surface area contributed by atoms with Gasteiger partial charge in [-0.05, 0) is 24.8 Å². The van der Waals surface area contributed by atoms with Gasteiger partial charge in [-0.2, -0.15) is 0 Å². The molecular weight excluding hydrogens is 220 g/mol. The van der Waals surface area contributed by atoms with Crippen LogP contribution >= 0.6 is 22.9 Å². The van der Waals surface area contributed by atoms with Crippen LogP contribution in [0.15, 0.2) is 11.4 Å². The molecular formula is C10H13ClO2S. The maximum Gasteiger partial charge on any atom is 0.205 e. The van der Waals surface area contributed by atoms with Gasteiger partial charge < -0.3 is 4.74 Å². The molecule has 0 spiro atoms. The summed E-state index contributed by atoms with van der Waals surface area (Å²) in [6.45, 7) is 3.70. The average Bonchev–Trinajstić information content (AvgIpc) is 2.62. The minimum Gasteiger partial charge on any atom is -0.370 e. The van der Waals surface area contributed by atoms with E-state index in [1.165, 1.54) is 11.3 Å². The molecule has 14 heavy (non-hydrogen) atoms. The van der Waals surface area contributed by atoms with Gasteiger partial charge in [0.15, 0.2) is 0 Å². The molecule has 4 heteroatoms. The second-order valence-corrected chi connectivity index (χ2v) is 4.54. The van der Waals surface area contributed by atoms with E-state index in [0.717, 1.165) is 0 Å². The van der Waals surface area contributed by atoms with Crippen molar-refractivity contribution in [3.05, 3.63) is 21.3 Å². The third kappa shape index (κ3) is 2.00. The summed E-state index contributed by atoms with van der Waals surface area (Å²) in [7, 11) is 1.54. The van der Waals surface area contributed by atoms with E-state index in [1.54, 1.807) is 25.5 Å². The Morgan fingerprint density at radius 1 is 1.71 bits per heavy atom. The lowest BCUT2D eigenvalue weighted by Gasteiger charge is -2.24. The quantitative estimate of drug-likeness (QED) is 0.744. The zero-order valence-corrected chi connectivity index (χ0v) is 10.0. The summed E-state index contributed by atoms with van der Waals surface area (Å²) in [6, 6.07) is 1.73. The first-order valence-corrected chi connectivity index (χ1v) is 5.64. The van der Waals surface area contributed by atoms with Crippen LogP contribution in [-0.2, 0) is 4.74 Å².